The molecule has 0 spiro atoms. The van der Waals surface area contributed by atoms with Gasteiger partial charge in [0.1, 0.15) is 6.04 Å². The molecule has 7 heteroatoms. The van der Waals surface area contributed by atoms with Gasteiger partial charge in [-0.25, -0.2) is 4.79 Å². The molecule has 1 heterocycles. The van der Waals surface area contributed by atoms with Gasteiger partial charge in [-0.1, -0.05) is 44.0 Å². The fraction of sp³-hybridized carbons (Fsp3) is 0.600. The van der Waals surface area contributed by atoms with Gasteiger partial charge in [0.05, 0.1) is 13.7 Å². The van der Waals surface area contributed by atoms with E-state index in [2.05, 4.69) is 21.2 Å². The zero-order chi connectivity index (χ0) is 19.8. The van der Waals surface area contributed by atoms with Gasteiger partial charge in [-0.3, -0.25) is 14.6 Å². The summed E-state index contributed by atoms with van der Waals surface area (Å²) < 4.78 is 4.82. The number of esters is 1. The number of methoxy groups -OCH3 is 1. The lowest BCUT2D eigenvalue weighted by atomic mass is 9.99. The summed E-state index contributed by atoms with van der Waals surface area (Å²) in [5.74, 6) is -0.478. The zero-order valence-electron chi connectivity index (χ0n) is 16.4. The molecule has 1 N–H and O–H groups in total. The van der Waals surface area contributed by atoms with E-state index in [-0.39, 0.29) is 17.8 Å². The van der Waals surface area contributed by atoms with Crippen LogP contribution in [0.2, 0.25) is 5.02 Å². The molecule has 1 amide bonds. The summed E-state index contributed by atoms with van der Waals surface area (Å²) in [5.41, 5.74) is 1.20. The number of rotatable bonds is 8. The summed E-state index contributed by atoms with van der Waals surface area (Å²) in [6.45, 7) is 8.52. The molecule has 0 unspecified atom stereocenters. The Labute approximate surface area is 166 Å². The molecular weight excluding hydrogens is 366 g/mol. The number of ether oxygens (including phenoxy) is 1. The Balaban J connectivity index is 1.78. The van der Waals surface area contributed by atoms with Crippen molar-refractivity contribution in [1.29, 1.82) is 0 Å². The van der Waals surface area contributed by atoms with Crippen molar-refractivity contribution >= 4 is 23.5 Å². The Hall–Kier alpha value is -1.63. The smallest absolute Gasteiger partial charge is 0.328 e. The van der Waals surface area contributed by atoms with Crippen molar-refractivity contribution in [3.05, 3.63) is 34.9 Å². The second-order valence-electron chi connectivity index (χ2n) is 7.14. The van der Waals surface area contributed by atoms with Crippen molar-refractivity contribution in [1.82, 2.24) is 15.1 Å². The number of carbonyl (C=O) groups excluding carboxylic acids is 2. The molecule has 0 saturated carbocycles. The molecule has 6 nitrogen and oxygen atoms in total. The maximum Gasteiger partial charge on any atom is 0.328 e. The van der Waals surface area contributed by atoms with Crippen molar-refractivity contribution in [3.8, 4) is 0 Å². The molecule has 0 radical (unpaired) electrons. The molecule has 150 valence electrons. The van der Waals surface area contributed by atoms with Crippen LogP contribution in [0.25, 0.3) is 0 Å². The molecule has 27 heavy (non-hydrogen) atoms. The van der Waals surface area contributed by atoms with Crippen molar-refractivity contribution in [3.63, 3.8) is 0 Å². The summed E-state index contributed by atoms with van der Waals surface area (Å²) in [6.07, 6.45) is 0.794. The molecular formula is C20H30ClN3O3. The van der Waals surface area contributed by atoms with Crippen LogP contribution < -0.4 is 5.32 Å². The third-order valence-electron chi connectivity index (χ3n) is 5.11. The highest BCUT2D eigenvalue weighted by molar-refractivity contribution is 6.30. The van der Waals surface area contributed by atoms with Crippen molar-refractivity contribution in [2.75, 3.05) is 39.8 Å². The second-order valence-corrected chi connectivity index (χ2v) is 7.57. The average molecular weight is 396 g/mol. The van der Waals surface area contributed by atoms with Gasteiger partial charge in [0.25, 0.3) is 0 Å². The third-order valence-corrected chi connectivity index (χ3v) is 5.35. The van der Waals surface area contributed by atoms with E-state index in [4.69, 9.17) is 16.3 Å². The molecule has 1 fully saturated rings. The number of amides is 1. The Bertz CT molecular complexity index is 633. The normalized spacial score (nSPS) is 17.9. The number of hydrogen-bond acceptors (Lipinski definition) is 5. The van der Waals surface area contributed by atoms with Crippen LogP contribution in [0.4, 0.5) is 0 Å². The van der Waals surface area contributed by atoms with E-state index in [1.54, 1.807) is 0 Å². The second kappa shape index (κ2) is 10.6. The third kappa shape index (κ3) is 6.79. The van der Waals surface area contributed by atoms with Crippen LogP contribution in [0.5, 0.6) is 0 Å². The minimum absolute atomic E-state index is 0.0379. The highest BCUT2D eigenvalue weighted by Crippen LogP contribution is 2.14. The van der Waals surface area contributed by atoms with Crippen molar-refractivity contribution in [2.45, 2.75) is 32.9 Å². The lowest BCUT2D eigenvalue weighted by Gasteiger charge is -2.34. The van der Waals surface area contributed by atoms with Crippen LogP contribution in [0.15, 0.2) is 24.3 Å². The van der Waals surface area contributed by atoms with Crippen LogP contribution in [0.1, 0.15) is 25.8 Å². The number of nitrogens with zero attached hydrogens (tertiary/aromatic N) is 2. The monoisotopic (exact) mass is 395 g/mol. The lowest BCUT2D eigenvalue weighted by Crippen LogP contribution is -2.52. The number of carbonyl (C=O) groups is 2. The standard InChI is InChI=1S/C20H30ClN3O3/c1-4-15(2)19(20(26)27-3)22-18(25)14-24-10-8-23(9-11-24)13-16-6-5-7-17(21)12-16/h5-7,12,15,19H,4,8-11,13-14H2,1-3H3,(H,22,25)/t15-,19+/m0/s1. The van der Waals surface area contributed by atoms with Crippen LogP contribution in [0.3, 0.4) is 0 Å². The molecule has 2 rings (SSSR count). The Kier molecular flexibility index (Phi) is 8.54. The fourth-order valence-electron chi connectivity index (χ4n) is 3.22. The highest BCUT2D eigenvalue weighted by atomic mass is 35.5. The van der Waals surface area contributed by atoms with E-state index in [1.807, 2.05) is 32.0 Å². The van der Waals surface area contributed by atoms with Crippen LogP contribution >= 0.6 is 11.6 Å². The fourth-order valence-corrected chi connectivity index (χ4v) is 3.43. The first-order valence-corrected chi connectivity index (χ1v) is 9.87. The van der Waals surface area contributed by atoms with E-state index in [1.165, 1.54) is 12.7 Å². The lowest BCUT2D eigenvalue weighted by molar-refractivity contribution is -0.146. The van der Waals surface area contributed by atoms with E-state index in [0.717, 1.165) is 44.2 Å². The average Bonchev–Trinajstić information content (AvgIpc) is 2.66. The number of piperazine rings is 1. The van der Waals surface area contributed by atoms with Crippen LogP contribution in [-0.4, -0.2) is 67.6 Å². The Morgan fingerprint density at radius 3 is 2.48 bits per heavy atom. The number of nitrogens with one attached hydrogen (secondary N) is 1. The first-order valence-electron chi connectivity index (χ1n) is 9.49. The molecule has 0 aromatic heterocycles. The first kappa shape index (κ1) is 21.7. The van der Waals surface area contributed by atoms with Gasteiger partial charge in [-0.2, -0.15) is 0 Å². The minimum Gasteiger partial charge on any atom is -0.467 e. The molecule has 1 aromatic rings. The van der Waals surface area contributed by atoms with Crippen molar-refractivity contribution < 1.29 is 14.3 Å². The molecule has 0 bridgehead atoms. The van der Waals surface area contributed by atoms with Gasteiger partial charge >= 0.3 is 5.97 Å². The van der Waals surface area contributed by atoms with Crippen molar-refractivity contribution in [2.24, 2.45) is 5.92 Å². The Morgan fingerprint density at radius 1 is 1.22 bits per heavy atom. The molecule has 0 aliphatic carbocycles. The summed E-state index contributed by atoms with van der Waals surface area (Å²) in [6, 6.07) is 7.32. The molecule has 1 saturated heterocycles. The molecule has 1 aliphatic rings. The largest absolute Gasteiger partial charge is 0.467 e. The van der Waals surface area contributed by atoms with E-state index in [9.17, 15) is 9.59 Å². The van der Waals surface area contributed by atoms with E-state index >= 15 is 0 Å². The highest BCUT2D eigenvalue weighted by Gasteiger charge is 2.27. The summed E-state index contributed by atoms with van der Waals surface area (Å²) in [5, 5.41) is 3.59. The van der Waals surface area contributed by atoms with Gasteiger partial charge in [-0.05, 0) is 23.6 Å². The maximum absolute atomic E-state index is 12.4. The number of hydrogen-bond donors (Lipinski definition) is 1. The van der Waals surface area contributed by atoms with Gasteiger partial charge in [0.2, 0.25) is 5.91 Å². The predicted molar refractivity (Wildman–Crippen MR) is 107 cm³/mol. The van der Waals surface area contributed by atoms with Gasteiger partial charge in [0.15, 0.2) is 0 Å². The zero-order valence-corrected chi connectivity index (χ0v) is 17.2. The summed E-state index contributed by atoms with van der Waals surface area (Å²) >= 11 is 6.05. The maximum atomic E-state index is 12.4. The van der Waals surface area contributed by atoms with Gasteiger partial charge < -0.3 is 10.1 Å². The Morgan fingerprint density at radius 2 is 1.89 bits per heavy atom. The molecule has 1 aliphatic heterocycles. The topological polar surface area (TPSA) is 61.9 Å². The van der Waals surface area contributed by atoms with E-state index in [0.29, 0.717) is 6.54 Å². The first-order chi connectivity index (χ1) is 12.9. The number of halogens is 1. The molecule has 2 atom stereocenters. The van der Waals surface area contributed by atoms with E-state index < -0.39 is 6.04 Å². The van der Waals surface area contributed by atoms with Crippen LogP contribution in [-0.2, 0) is 20.9 Å². The number of benzene rings is 1. The quantitative estimate of drug-likeness (QED) is 0.683. The molecule has 1 aromatic carbocycles. The SMILES string of the molecule is CC[C@H](C)[C@@H](NC(=O)CN1CCN(Cc2cccc(Cl)c2)CC1)C(=O)OC. The minimum atomic E-state index is -0.586. The summed E-state index contributed by atoms with van der Waals surface area (Å²) in [4.78, 5) is 28.8. The van der Waals surface area contributed by atoms with Crippen LogP contribution in [0, 0.1) is 5.92 Å². The summed E-state index contributed by atoms with van der Waals surface area (Å²) in [7, 11) is 1.35. The van der Waals surface area contributed by atoms with Gasteiger partial charge in [-0.15, -0.1) is 0 Å². The van der Waals surface area contributed by atoms with Gasteiger partial charge in [0, 0.05) is 37.7 Å². The predicted octanol–water partition coefficient (Wildman–Crippen LogP) is 2.16.